The summed E-state index contributed by atoms with van der Waals surface area (Å²) in [6.45, 7) is 6.38. The Balaban J connectivity index is 2.02. The molecule has 29 heavy (non-hydrogen) atoms. The van der Waals surface area contributed by atoms with Crippen LogP contribution in [0.3, 0.4) is 0 Å². The summed E-state index contributed by atoms with van der Waals surface area (Å²) in [6.07, 6.45) is -1.11. The topological polar surface area (TPSA) is 102 Å². The van der Waals surface area contributed by atoms with Gasteiger partial charge in [0, 0.05) is 5.56 Å². The molecule has 0 aliphatic heterocycles. The number of benzene rings is 1. The maximum Gasteiger partial charge on any atom is 0.329 e. The third kappa shape index (κ3) is 5.99. The Hall–Kier alpha value is -3.00. The molecule has 2 N–H and O–H groups in total. The van der Waals surface area contributed by atoms with Gasteiger partial charge in [-0.2, -0.15) is 0 Å². The lowest BCUT2D eigenvalue weighted by molar-refractivity contribution is -0.156. The van der Waals surface area contributed by atoms with Crippen molar-refractivity contribution >= 4 is 40.6 Å². The minimum absolute atomic E-state index is 0.193. The van der Waals surface area contributed by atoms with E-state index < -0.39 is 24.0 Å². The van der Waals surface area contributed by atoms with E-state index in [4.69, 9.17) is 4.74 Å². The molecule has 7 nitrogen and oxygen atoms in total. The van der Waals surface area contributed by atoms with Crippen LogP contribution < -0.4 is 10.6 Å². The first-order valence-corrected chi connectivity index (χ1v) is 10.0. The van der Waals surface area contributed by atoms with Crippen LogP contribution >= 0.6 is 11.3 Å². The minimum Gasteiger partial charge on any atom is -0.451 e. The summed E-state index contributed by atoms with van der Waals surface area (Å²) < 4.78 is 5.28. The highest BCUT2D eigenvalue weighted by Crippen LogP contribution is 2.17. The van der Waals surface area contributed by atoms with Crippen molar-refractivity contribution < 1.29 is 23.9 Å². The Morgan fingerprint density at radius 1 is 1.00 bits per heavy atom. The number of para-hydroxylation sites is 1. The van der Waals surface area contributed by atoms with E-state index in [2.05, 4.69) is 10.6 Å². The second-order valence-electron chi connectivity index (χ2n) is 6.84. The first-order chi connectivity index (χ1) is 13.7. The second-order valence-corrected chi connectivity index (χ2v) is 7.79. The molecule has 0 fully saturated rings. The van der Waals surface area contributed by atoms with Crippen LogP contribution in [0.5, 0.6) is 0 Å². The van der Waals surface area contributed by atoms with Crippen LogP contribution in [0, 0.1) is 5.92 Å². The summed E-state index contributed by atoms with van der Waals surface area (Å²) in [5.74, 6) is -2.07. The molecule has 154 valence electrons. The summed E-state index contributed by atoms with van der Waals surface area (Å²) in [6, 6.07) is 9.08. The van der Waals surface area contributed by atoms with Crippen LogP contribution in [0.25, 0.3) is 0 Å². The van der Waals surface area contributed by atoms with E-state index in [1.165, 1.54) is 25.2 Å². The lowest BCUT2D eigenvalue weighted by Crippen LogP contribution is -2.47. The summed E-state index contributed by atoms with van der Waals surface area (Å²) in [5, 5.41) is 7.03. The Morgan fingerprint density at radius 2 is 1.69 bits per heavy atom. The van der Waals surface area contributed by atoms with Crippen molar-refractivity contribution in [2.45, 2.75) is 39.8 Å². The fourth-order valence-corrected chi connectivity index (χ4v) is 3.18. The van der Waals surface area contributed by atoms with E-state index in [0.29, 0.717) is 16.1 Å². The lowest BCUT2D eigenvalue weighted by atomic mass is 10.0. The summed E-state index contributed by atoms with van der Waals surface area (Å²) >= 11 is 1.26. The minimum atomic E-state index is -1.11. The standard InChI is InChI=1S/C21H24N2O5S/c1-12(2)18(23-20(26)17-10-7-11-29-17)21(27)28-14(4)19(25)22-16-9-6-5-8-15(16)13(3)24/h5-12,14,18H,1-4H3,(H,22,25)(H,23,26)/t14-,18-/m0/s1. The zero-order chi connectivity index (χ0) is 21.6. The number of Topliss-reactive ketones (excluding diaryl/α,β-unsaturated/α-hetero) is 1. The van der Waals surface area contributed by atoms with E-state index in [1.807, 2.05) is 0 Å². The molecule has 1 aromatic heterocycles. The molecule has 0 saturated heterocycles. The molecule has 8 heteroatoms. The van der Waals surface area contributed by atoms with Crippen LogP contribution in [0.1, 0.15) is 47.7 Å². The molecule has 0 spiro atoms. The van der Waals surface area contributed by atoms with Gasteiger partial charge in [-0.05, 0) is 43.3 Å². The highest BCUT2D eigenvalue weighted by atomic mass is 32.1. The van der Waals surface area contributed by atoms with Crippen LogP contribution in [0.4, 0.5) is 5.69 Å². The molecular weight excluding hydrogens is 392 g/mol. The second kappa shape index (κ2) is 9.97. The van der Waals surface area contributed by atoms with Crippen molar-refractivity contribution in [2.75, 3.05) is 5.32 Å². The van der Waals surface area contributed by atoms with Crippen molar-refractivity contribution in [3.05, 3.63) is 52.2 Å². The largest absolute Gasteiger partial charge is 0.451 e. The maximum absolute atomic E-state index is 12.6. The molecule has 0 saturated carbocycles. The number of carbonyl (C=O) groups excluding carboxylic acids is 4. The highest BCUT2D eigenvalue weighted by Gasteiger charge is 2.29. The van der Waals surface area contributed by atoms with Crippen LogP contribution in [-0.4, -0.2) is 35.7 Å². The highest BCUT2D eigenvalue weighted by molar-refractivity contribution is 7.12. The van der Waals surface area contributed by atoms with Gasteiger partial charge in [0.25, 0.3) is 11.8 Å². The number of hydrogen-bond donors (Lipinski definition) is 2. The van der Waals surface area contributed by atoms with Crippen molar-refractivity contribution in [3.8, 4) is 0 Å². The molecule has 0 aliphatic carbocycles. The Labute approximate surface area is 173 Å². The molecular formula is C21H24N2O5S. The van der Waals surface area contributed by atoms with E-state index >= 15 is 0 Å². The zero-order valence-corrected chi connectivity index (χ0v) is 17.5. The van der Waals surface area contributed by atoms with Crippen molar-refractivity contribution in [1.82, 2.24) is 5.32 Å². The van der Waals surface area contributed by atoms with Gasteiger partial charge in [-0.25, -0.2) is 4.79 Å². The quantitative estimate of drug-likeness (QED) is 0.508. The van der Waals surface area contributed by atoms with E-state index in [-0.39, 0.29) is 17.6 Å². The average molecular weight is 416 g/mol. The van der Waals surface area contributed by atoms with Gasteiger partial charge in [-0.15, -0.1) is 11.3 Å². The normalized spacial score (nSPS) is 12.7. The number of thiophene rings is 1. The lowest BCUT2D eigenvalue weighted by Gasteiger charge is -2.23. The van der Waals surface area contributed by atoms with Crippen LogP contribution in [0.15, 0.2) is 41.8 Å². The van der Waals surface area contributed by atoms with E-state index in [9.17, 15) is 19.2 Å². The van der Waals surface area contributed by atoms with Gasteiger partial charge < -0.3 is 15.4 Å². The van der Waals surface area contributed by atoms with Gasteiger partial charge in [0.1, 0.15) is 6.04 Å². The van der Waals surface area contributed by atoms with E-state index in [0.717, 1.165) is 0 Å². The average Bonchev–Trinajstić information content (AvgIpc) is 3.20. The first-order valence-electron chi connectivity index (χ1n) is 9.16. The van der Waals surface area contributed by atoms with Crippen molar-refractivity contribution in [3.63, 3.8) is 0 Å². The molecule has 1 aromatic carbocycles. The summed E-state index contributed by atoms with van der Waals surface area (Å²) in [7, 11) is 0. The number of rotatable bonds is 8. The summed E-state index contributed by atoms with van der Waals surface area (Å²) in [5.41, 5.74) is 0.710. The van der Waals surface area contributed by atoms with Gasteiger partial charge in [0.05, 0.1) is 10.6 Å². The molecule has 2 aromatic rings. The van der Waals surface area contributed by atoms with Crippen molar-refractivity contribution in [1.29, 1.82) is 0 Å². The maximum atomic E-state index is 12.6. The molecule has 1 heterocycles. The zero-order valence-electron chi connectivity index (χ0n) is 16.7. The third-order valence-electron chi connectivity index (χ3n) is 4.18. The fourth-order valence-electron chi connectivity index (χ4n) is 2.55. The monoisotopic (exact) mass is 416 g/mol. The SMILES string of the molecule is CC(=O)c1ccccc1NC(=O)[C@H](C)OC(=O)[C@@H](NC(=O)c1cccs1)C(C)C. The van der Waals surface area contributed by atoms with Gasteiger partial charge >= 0.3 is 5.97 Å². The Bertz CT molecular complexity index is 892. The molecule has 0 unspecified atom stereocenters. The van der Waals surface area contributed by atoms with Gasteiger partial charge in [-0.3, -0.25) is 14.4 Å². The fraction of sp³-hybridized carbons (Fsp3) is 0.333. The van der Waals surface area contributed by atoms with E-state index in [1.54, 1.807) is 55.6 Å². The number of anilines is 1. The van der Waals surface area contributed by atoms with Gasteiger partial charge in [-0.1, -0.05) is 32.0 Å². The predicted molar refractivity (Wildman–Crippen MR) is 111 cm³/mol. The third-order valence-corrected chi connectivity index (χ3v) is 5.05. The summed E-state index contributed by atoms with van der Waals surface area (Å²) in [4.78, 5) is 49.4. The first kappa shape index (κ1) is 22.3. The van der Waals surface area contributed by atoms with Crippen LogP contribution in [0.2, 0.25) is 0 Å². The Morgan fingerprint density at radius 3 is 2.28 bits per heavy atom. The Kier molecular flexibility index (Phi) is 7.67. The molecule has 0 bridgehead atoms. The van der Waals surface area contributed by atoms with Crippen molar-refractivity contribution in [2.24, 2.45) is 5.92 Å². The molecule has 2 rings (SSSR count). The number of hydrogen-bond acceptors (Lipinski definition) is 6. The molecule has 0 radical (unpaired) electrons. The number of ether oxygens (including phenoxy) is 1. The molecule has 0 aliphatic rings. The number of esters is 1. The smallest absolute Gasteiger partial charge is 0.329 e. The van der Waals surface area contributed by atoms with Gasteiger partial charge in [0.15, 0.2) is 11.9 Å². The molecule has 2 atom stereocenters. The number of ketones is 1. The number of amides is 2. The number of carbonyl (C=O) groups is 4. The number of nitrogens with one attached hydrogen (secondary N) is 2. The van der Waals surface area contributed by atoms with Gasteiger partial charge in [0.2, 0.25) is 0 Å². The predicted octanol–water partition coefficient (Wildman–Crippen LogP) is 3.28. The van der Waals surface area contributed by atoms with Crippen LogP contribution in [-0.2, 0) is 14.3 Å². The molecule has 2 amide bonds.